The van der Waals surface area contributed by atoms with Crippen molar-refractivity contribution in [1.82, 2.24) is 10.6 Å². The van der Waals surface area contributed by atoms with Crippen molar-refractivity contribution in [2.75, 3.05) is 18.7 Å². The van der Waals surface area contributed by atoms with E-state index in [-0.39, 0.29) is 25.7 Å². The number of aliphatic hydroxyl groups excluding tert-OH is 1. The molecular formula is C23H25N3O6. The van der Waals surface area contributed by atoms with E-state index in [1.807, 2.05) is 30.3 Å². The van der Waals surface area contributed by atoms with Gasteiger partial charge in [-0.05, 0) is 17.7 Å². The number of hydrogen-bond acceptors (Lipinski definition) is 6. The number of anilines is 1. The van der Waals surface area contributed by atoms with Crippen LogP contribution >= 0.6 is 0 Å². The normalized spacial score (nSPS) is 21.1. The van der Waals surface area contributed by atoms with Crippen molar-refractivity contribution in [3.8, 4) is 11.5 Å². The zero-order valence-electron chi connectivity index (χ0n) is 17.3. The third-order valence-corrected chi connectivity index (χ3v) is 5.11. The summed E-state index contributed by atoms with van der Waals surface area (Å²) in [6.07, 6.45) is 2.42. The Morgan fingerprint density at radius 2 is 1.84 bits per heavy atom. The topological polar surface area (TPSA) is 118 Å². The van der Waals surface area contributed by atoms with Crippen LogP contribution in [0.15, 0.2) is 60.7 Å². The van der Waals surface area contributed by atoms with Gasteiger partial charge in [-0.3, -0.25) is 4.79 Å². The number of rotatable bonds is 7. The molecule has 0 fully saturated rings. The minimum Gasteiger partial charge on any atom is -0.454 e. The van der Waals surface area contributed by atoms with Gasteiger partial charge in [-0.2, -0.15) is 0 Å². The van der Waals surface area contributed by atoms with E-state index < -0.39 is 24.3 Å². The molecule has 9 heteroatoms. The maximum atomic E-state index is 12.4. The van der Waals surface area contributed by atoms with E-state index in [2.05, 4.69) is 16.0 Å². The van der Waals surface area contributed by atoms with Crippen LogP contribution in [0.5, 0.6) is 11.5 Å². The highest BCUT2D eigenvalue weighted by atomic mass is 16.7. The lowest BCUT2D eigenvalue weighted by atomic mass is 10.0. The van der Waals surface area contributed by atoms with Gasteiger partial charge in [0.05, 0.1) is 25.2 Å². The van der Waals surface area contributed by atoms with Crippen molar-refractivity contribution in [3.63, 3.8) is 0 Å². The average Bonchev–Trinajstić information content (AvgIpc) is 3.27. The van der Waals surface area contributed by atoms with Gasteiger partial charge in [0.2, 0.25) is 12.7 Å². The van der Waals surface area contributed by atoms with Gasteiger partial charge < -0.3 is 35.3 Å². The number of hydrogen-bond donors (Lipinski definition) is 4. The Bertz CT molecular complexity index is 981. The van der Waals surface area contributed by atoms with E-state index in [1.165, 1.54) is 0 Å². The van der Waals surface area contributed by atoms with Gasteiger partial charge in [-0.15, -0.1) is 0 Å². The number of fused-ring (bicyclic) bond motifs is 1. The Labute approximate surface area is 185 Å². The SMILES string of the molecule is O=C(C[C@@H]1C=C[C@H](NC(=O)Nc2ccc3c(c2)OCO3)[C@H](CO)O1)NCc1ccccc1. The fourth-order valence-corrected chi connectivity index (χ4v) is 3.48. The molecule has 0 saturated carbocycles. The van der Waals surface area contributed by atoms with Crippen LogP contribution in [0.1, 0.15) is 12.0 Å². The third-order valence-electron chi connectivity index (χ3n) is 5.11. The summed E-state index contributed by atoms with van der Waals surface area (Å²) in [5, 5.41) is 18.0. The molecule has 3 amide bonds. The maximum Gasteiger partial charge on any atom is 0.319 e. The van der Waals surface area contributed by atoms with Gasteiger partial charge >= 0.3 is 6.03 Å². The van der Waals surface area contributed by atoms with Crippen LogP contribution < -0.4 is 25.4 Å². The van der Waals surface area contributed by atoms with Crippen molar-refractivity contribution < 1.29 is 28.9 Å². The first kappa shape index (κ1) is 21.7. The van der Waals surface area contributed by atoms with E-state index in [9.17, 15) is 14.7 Å². The minimum atomic E-state index is -0.672. The first-order valence-electron chi connectivity index (χ1n) is 10.3. The van der Waals surface area contributed by atoms with Crippen LogP contribution in [-0.4, -0.2) is 48.7 Å². The molecule has 0 spiro atoms. The number of benzene rings is 2. The van der Waals surface area contributed by atoms with Gasteiger partial charge in [0, 0.05) is 18.3 Å². The third kappa shape index (κ3) is 5.57. The number of urea groups is 1. The lowest BCUT2D eigenvalue weighted by molar-refractivity contribution is -0.125. The Morgan fingerprint density at radius 3 is 2.66 bits per heavy atom. The van der Waals surface area contributed by atoms with Gasteiger partial charge in [0.1, 0.15) is 6.10 Å². The van der Waals surface area contributed by atoms with E-state index in [0.29, 0.717) is 23.7 Å². The van der Waals surface area contributed by atoms with Gasteiger partial charge in [-0.25, -0.2) is 4.79 Å². The average molecular weight is 439 g/mol. The Morgan fingerprint density at radius 1 is 1.03 bits per heavy atom. The molecule has 0 aliphatic carbocycles. The number of ether oxygens (including phenoxy) is 3. The van der Waals surface area contributed by atoms with Crippen molar-refractivity contribution in [2.24, 2.45) is 0 Å². The number of carbonyl (C=O) groups is 2. The molecule has 2 aliphatic rings. The van der Waals surface area contributed by atoms with Crippen molar-refractivity contribution in [1.29, 1.82) is 0 Å². The molecule has 2 aromatic carbocycles. The highest BCUT2D eigenvalue weighted by molar-refractivity contribution is 5.90. The second-order valence-corrected chi connectivity index (χ2v) is 7.44. The van der Waals surface area contributed by atoms with Gasteiger partial charge in [0.15, 0.2) is 11.5 Å². The largest absolute Gasteiger partial charge is 0.454 e. The minimum absolute atomic E-state index is 0.121. The molecule has 0 radical (unpaired) electrons. The molecule has 2 heterocycles. The number of nitrogens with one attached hydrogen (secondary N) is 3. The molecule has 3 atom stereocenters. The van der Waals surface area contributed by atoms with Crippen LogP contribution in [-0.2, 0) is 16.1 Å². The molecular weight excluding hydrogens is 414 g/mol. The van der Waals surface area contributed by atoms with E-state index in [4.69, 9.17) is 14.2 Å². The van der Waals surface area contributed by atoms with Crippen molar-refractivity contribution in [3.05, 3.63) is 66.2 Å². The standard InChI is InChI=1S/C23H25N3O6/c27-13-21-18(26-23(29)25-16-6-9-19-20(10-16)31-14-30-19)8-7-17(32-21)11-22(28)24-12-15-4-2-1-3-5-15/h1-10,17-18,21,27H,11-14H2,(H,24,28)(H2,25,26,29)/t17-,18-,21-/m0/s1. The first-order valence-corrected chi connectivity index (χ1v) is 10.3. The summed E-state index contributed by atoms with van der Waals surface area (Å²) in [5.74, 6) is 1.02. The van der Waals surface area contributed by atoms with Gasteiger partial charge in [0.25, 0.3) is 0 Å². The van der Waals surface area contributed by atoms with Gasteiger partial charge in [-0.1, -0.05) is 42.5 Å². The quantitative estimate of drug-likeness (QED) is 0.490. The first-order chi connectivity index (χ1) is 15.6. The fourth-order valence-electron chi connectivity index (χ4n) is 3.48. The molecule has 0 bridgehead atoms. The Kier molecular flexibility index (Phi) is 6.88. The van der Waals surface area contributed by atoms with E-state index in [0.717, 1.165) is 5.56 Å². The van der Waals surface area contributed by atoms with Crippen molar-refractivity contribution in [2.45, 2.75) is 31.2 Å². The Hall–Kier alpha value is -3.56. The highest BCUT2D eigenvalue weighted by Crippen LogP contribution is 2.34. The second-order valence-electron chi connectivity index (χ2n) is 7.44. The molecule has 0 aromatic heterocycles. The van der Waals surface area contributed by atoms with Crippen LogP contribution in [0.2, 0.25) is 0 Å². The molecule has 0 saturated heterocycles. The highest BCUT2D eigenvalue weighted by Gasteiger charge is 2.29. The number of carbonyl (C=O) groups excluding carboxylic acids is 2. The molecule has 32 heavy (non-hydrogen) atoms. The van der Waals surface area contributed by atoms with E-state index in [1.54, 1.807) is 30.4 Å². The maximum absolute atomic E-state index is 12.4. The predicted octanol–water partition coefficient (Wildman–Crippen LogP) is 1.93. The summed E-state index contributed by atoms with van der Waals surface area (Å²) < 4.78 is 16.4. The predicted molar refractivity (Wildman–Crippen MR) is 116 cm³/mol. The summed E-state index contributed by atoms with van der Waals surface area (Å²) >= 11 is 0. The summed E-state index contributed by atoms with van der Waals surface area (Å²) in [7, 11) is 0. The molecule has 4 N–H and O–H groups in total. The lowest BCUT2D eigenvalue weighted by Gasteiger charge is -2.31. The summed E-state index contributed by atoms with van der Waals surface area (Å²) in [5.41, 5.74) is 1.55. The summed E-state index contributed by atoms with van der Waals surface area (Å²) in [6, 6.07) is 13.7. The zero-order valence-corrected chi connectivity index (χ0v) is 17.3. The zero-order chi connectivity index (χ0) is 22.3. The lowest BCUT2D eigenvalue weighted by Crippen LogP contribution is -2.50. The molecule has 9 nitrogen and oxygen atoms in total. The van der Waals surface area contributed by atoms with Crippen LogP contribution in [0, 0.1) is 0 Å². The Balaban J connectivity index is 1.27. The molecule has 0 unspecified atom stereocenters. The fraction of sp³-hybridized carbons (Fsp3) is 0.304. The number of aliphatic hydroxyl groups is 1. The summed E-state index contributed by atoms with van der Waals surface area (Å²) in [4.78, 5) is 24.6. The van der Waals surface area contributed by atoms with E-state index >= 15 is 0 Å². The number of amides is 3. The molecule has 2 aromatic rings. The van der Waals surface area contributed by atoms with Crippen LogP contribution in [0.25, 0.3) is 0 Å². The van der Waals surface area contributed by atoms with Crippen LogP contribution in [0.4, 0.5) is 10.5 Å². The van der Waals surface area contributed by atoms with Crippen LogP contribution in [0.3, 0.4) is 0 Å². The second kappa shape index (κ2) is 10.2. The smallest absolute Gasteiger partial charge is 0.319 e. The molecule has 2 aliphatic heterocycles. The summed E-state index contributed by atoms with van der Waals surface area (Å²) in [6.45, 7) is 0.282. The molecule has 168 valence electrons. The molecule has 4 rings (SSSR count). The monoisotopic (exact) mass is 439 g/mol. The van der Waals surface area contributed by atoms with Crippen molar-refractivity contribution >= 4 is 17.6 Å².